The van der Waals surface area contributed by atoms with Crippen LogP contribution in [0.3, 0.4) is 0 Å². The summed E-state index contributed by atoms with van der Waals surface area (Å²) in [6, 6.07) is 7.07. The number of carbonyl (C=O) groups excluding carboxylic acids is 1. The smallest absolute Gasteiger partial charge is 0.249 e. The van der Waals surface area contributed by atoms with Crippen LogP contribution in [0, 0.1) is 5.41 Å². The third kappa shape index (κ3) is 3.37. The molecule has 0 bridgehead atoms. The lowest BCUT2D eigenvalue weighted by atomic mass is 9.68. The minimum absolute atomic E-state index is 0.0230. The average molecular weight is 345 g/mol. The van der Waals surface area contributed by atoms with Crippen molar-refractivity contribution in [1.29, 1.82) is 0 Å². The van der Waals surface area contributed by atoms with Crippen LogP contribution in [0.5, 0.6) is 5.75 Å². The number of para-hydroxylation sites is 1. The van der Waals surface area contributed by atoms with Crippen molar-refractivity contribution in [2.45, 2.75) is 32.2 Å². The van der Waals surface area contributed by atoms with Crippen molar-refractivity contribution < 1.29 is 18.8 Å². The fourth-order valence-corrected chi connectivity index (χ4v) is 3.08. The van der Waals surface area contributed by atoms with Crippen LogP contribution in [-0.4, -0.2) is 36.9 Å². The first-order valence-corrected chi connectivity index (χ1v) is 8.36. The number of benzene rings is 1. The van der Waals surface area contributed by atoms with Gasteiger partial charge >= 0.3 is 0 Å². The number of rotatable bonds is 7. The van der Waals surface area contributed by atoms with Gasteiger partial charge in [-0.25, -0.2) is 0 Å². The first-order chi connectivity index (χ1) is 12.1. The predicted molar refractivity (Wildman–Crippen MR) is 91.0 cm³/mol. The second kappa shape index (κ2) is 7.23. The number of nitrogens with zero attached hydrogens (tertiary/aromatic N) is 2. The van der Waals surface area contributed by atoms with Crippen molar-refractivity contribution in [3.63, 3.8) is 0 Å². The summed E-state index contributed by atoms with van der Waals surface area (Å²) < 4.78 is 15.9. The van der Waals surface area contributed by atoms with Crippen molar-refractivity contribution in [3.8, 4) is 17.1 Å². The molecule has 1 aliphatic carbocycles. The molecule has 0 radical (unpaired) electrons. The second-order valence-electron chi connectivity index (χ2n) is 6.42. The highest BCUT2D eigenvalue weighted by molar-refractivity contribution is 5.84. The third-order valence-electron chi connectivity index (χ3n) is 4.72. The lowest BCUT2D eigenvalue weighted by molar-refractivity contribution is -0.141. The van der Waals surface area contributed by atoms with Gasteiger partial charge in [0.2, 0.25) is 17.6 Å². The number of hydrogen-bond donors (Lipinski definition) is 1. The SMILES string of the molecule is COCC1(C(=O)N[C@H](C)c2nc(-c3ccccc3OC)no2)CCC1. The zero-order valence-corrected chi connectivity index (χ0v) is 14.7. The molecule has 0 unspecified atom stereocenters. The van der Waals surface area contributed by atoms with Gasteiger partial charge in [0.15, 0.2) is 0 Å². The Morgan fingerprint density at radius 2 is 2.12 bits per heavy atom. The van der Waals surface area contributed by atoms with E-state index in [9.17, 15) is 4.79 Å². The van der Waals surface area contributed by atoms with Gasteiger partial charge in [-0.1, -0.05) is 23.7 Å². The molecule has 1 atom stereocenters. The molecule has 1 fully saturated rings. The van der Waals surface area contributed by atoms with Gasteiger partial charge in [0, 0.05) is 7.11 Å². The van der Waals surface area contributed by atoms with E-state index >= 15 is 0 Å². The van der Waals surface area contributed by atoms with E-state index in [0.717, 1.165) is 24.8 Å². The third-order valence-corrected chi connectivity index (χ3v) is 4.72. The van der Waals surface area contributed by atoms with Crippen LogP contribution in [0.4, 0.5) is 0 Å². The number of hydrogen-bond acceptors (Lipinski definition) is 6. The Hall–Kier alpha value is -2.41. The van der Waals surface area contributed by atoms with E-state index in [1.165, 1.54) is 0 Å². The van der Waals surface area contributed by atoms with Gasteiger partial charge in [0.05, 0.1) is 24.7 Å². The van der Waals surface area contributed by atoms with Gasteiger partial charge < -0.3 is 19.3 Å². The summed E-state index contributed by atoms with van der Waals surface area (Å²) in [7, 11) is 3.21. The molecule has 1 aromatic carbocycles. The van der Waals surface area contributed by atoms with Gasteiger partial charge in [0.25, 0.3) is 0 Å². The zero-order valence-electron chi connectivity index (χ0n) is 14.7. The standard InChI is InChI=1S/C18H23N3O4/c1-12(19-17(22)18(11-23-2)9-6-10-18)16-20-15(21-25-16)13-7-4-5-8-14(13)24-3/h4-5,7-8,12H,6,9-11H2,1-3H3,(H,19,22)/t12-/m1/s1. The van der Waals surface area contributed by atoms with Crippen LogP contribution in [0.15, 0.2) is 28.8 Å². The molecule has 0 aliphatic heterocycles. The maximum atomic E-state index is 12.6. The largest absolute Gasteiger partial charge is 0.496 e. The van der Waals surface area contributed by atoms with E-state index in [4.69, 9.17) is 14.0 Å². The van der Waals surface area contributed by atoms with Crippen molar-refractivity contribution in [2.24, 2.45) is 5.41 Å². The lowest BCUT2D eigenvalue weighted by Crippen LogP contribution is -2.49. The Morgan fingerprint density at radius 3 is 2.76 bits per heavy atom. The number of methoxy groups -OCH3 is 2. The molecule has 1 aliphatic rings. The summed E-state index contributed by atoms with van der Waals surface area (Å²) in [5.74, 6) is 1.44. The fourth-order valence-electron chi connectivity index (χ4n) is 3.08. The van der Waals surface area contributed by atoms with Crippen LogP contribution in [0.1, 0.15) is 38.1 Å². The molecular formula is C18H23N3O4. The lowest BCUT2D eigenvalue weighted by Gasteiger charge is -2.39. The molecule has 1 heterocycles. The van der Waals surface area contributed by atoms with E-state index in [2.05, 4.69) is 15.5 Å². The van der Waals surface area contributed by atoms with E-state index in [1.807, 2.05) is 31.2 Å². The molecule has 1 N–H and O–H groups in total. The second-order valence-corrected chi connectivity index (χ2v) is 6.42. The molecule has 1 aromatic heterocycles. The van der Waals surface area contributed by atoms with Crippen LogP contribution < -0.4 is 10.1 Å². The van der Waals surface area contributed by atoms with Crippen LogP contribution >= 0.6 is 0 Å². The monoisotopic (exact) mass is 345 g/mol. The highest BCUT2D eigenvalue weighted by Gasteiger charge is 2.44. The maximum Gasteiger partial charge on any atom is 0.249 e. The number of aromatic nitrogens is 2. The molecular weight excluding hydrogens is 322 g/mol. The highest BCUT2D eigenvalue weighted by atomic mass is 16.5. The molecule has 1 saturated carbocycles. The van der Waals surface area contributed by atoms with E-state index in [1.54, 1.807) is 14.2 Å². The van der Waals surface area contributed by atoms with E-state index < -0.39 is 5.41 Å². The number of ether oxygens (including phenoxy) is 2. The molecule has 1 amide bonds. The quantitative estimate of drug-likeness (QED) is 0.830. The van der Waals surface area contributed by atoms with Gasteiger partial charge in [-0.15, -0.1) is 0 Å². The Labute approximate surface area is 146 Å². The summed E-state index contributed by atoms with van der Waals surface area (Å²) in [6.45, 7) is 2.26. The Morgan fingerprint density at radius 1 is 1.36 bits per heavy atom. The zero-order chi connectivity index (χ0) is 17.9. The van der Waals surface area contributed by atoms with Gasteiger partial charge in [0.1, 0.15) is 11.8 Å². The van der Waals surface area contributed by atoms with Crippen molar-refractivity contribution >= 4 is 5.91 Å². The van der Waals surface area contributed by atoms with E-state index in [-0.39, 0.29) is 11.9 Å². The van der Waals surface area contributed by atoms with Gasteiger partial charge in [-0.3, -0.25) is 4.79 Å². The predicted octanol–water partition coefficient (Wildman–Crippen LogP) is 2.74. The molecule has 7 heteroatoms. The minimum atomic E-state index is -0.422. The Kier molecular flexibility index (Phi) is 5.03. The topological polar surface area (TPSA) is 86.5 Å². The maximum absolute atomic E-state index is 12.6. The van der Waals surface area contributed by atoms with Crippen LogP contribution in [0.2, 0.25) is 0 Å². The van der Waals surface area contributed by atoms with Gasteiger partial charge in [-0.05, 0) is 31.9 Å². The summed E-state index contributed by atoms with van der Waals surface area (Å²) in [5.41, 5.74) is 0.322. The number of nitrogens with one attached hydrogen (secondary N) is 1. The van der Waals surface area contributed by atoms with Gasteiger partial charge in [-0.2, -0.15) is 4.98 Å². The summed E-state index contributed by atoms with van der Waals surface area (Å²) >= 11 is 0. The number of amides is 1. The van der Waals surface area contributed by atoms with Crippen molar-refractivity contribution in [2.75, 3.05) is 20.8 Å². The summed E-state index contributed by atoms with van der Waals surface area (Å²) in [6.07, 6.45) is 2.73. The summed E-state index contributed by atoms with van der Waals surface area (Å²) in [5, 5.41) is 6.98. The molecule has 0 spiro atoms. The molecule has 0 saturated heterocycles. The average Bonchev–Trinajstić information content (AvgIpc) is 3.07. The fraction of sp³-hybridized carbons (Fsp3) is 0.500. The summed E-state index contributed by atoms with van der Waals surface area (Å²) in [4.78, 5) is 17.0. The minimum Gasteiger partial charge on any atom is -0.496 e. The molecule has 25 heavy (non-hydrogen) atoms. The number of carbonyl (C=O) groups is 1. The van der Waals surface area contributed by atoms with Crippen molar-refractivity contribution in [1.82, 2.24) is 15.5 Å². The molecule has 7 nitrogen and oxygen atoms in total. The van der Waals surface area contributed by atoms with Crippen LogP contribution in [-0.2, 0) is 9.53 Å². The molecule has 134 valence electrons. The highest BCUT2D eigenvalue weighted by Crippen LogP contribution is 2.41. The first kappa shape index (κ1) is 17.4. The molecule has 2 aromatic rings. The normalized spacial score (nSPS) is 16.8. The van der Waals surface area contributed by atoms with Crippen LogP contribution in [0.25, 0.3) is 11.4 Å². The Balaban J connectivity index is 1.72. The first-order valence-electron chi connectivity index (χ1n) is 8.36. The van der Waals surface area contributed by atoms with Crippen molar-refractivity contribution in [3.05, 3.63) is 30.2 Å². The van der Waals surface area contributed by atoms with E-state index in [0.29, 0.717) is 24.1 Å². The Bertz CT molecular complexity index is 739. The molecule has 3 rings (SSSR count).